The summed E-state index contributed by atoms with van der Waals surface area (Å²) < 4.78 is 8.13. The van der Waals surface area contributed by atoms with Crippen molar-refractivity contribution in [3.05, 3.63) is 72.1 Å². The fraction of sp³-hybridized carbons (Fsp3) is 0.0556. The summed E-state index contributed by atoms with van der Waals surface area (Å²) in [6, 6.07) is 18.6. The minimum absolute atomic E-state index is 0.727. The van der Waals surface area contributed by atoms with E-state index in [4.69, 9.17) is 9.72 Å². The van der Waals surface area contributed by atoms with Crippen LogP contribution >= 0.6 is 0 Å². The third kappa shape index (κ3) is 1.46. The van der Waals surface area contributed by atoms with Crippen molar-refractivity contribution in [3.8, 4) is 11.6 Å². The lowest BCUT2D eigenvalue weighted by atomic mass is 10.1. The van der Waals surface area contributed by atoms with Crippen LogP contribution in [-0.4, -0.2) is 9.38 Å². The molecular formula is C18H12N2O. The van der Waals surface area contributed by atoms with Gasteiger partial charge in [0.2, 0.25) is 5.88 Å². The molecule has 0 spiro atoms. The SMILES string of the molecule is c1ccc2c(c1)Cc1c(nc3c4ccccc4ccn13)O2. The van der Waals surface area contributed by atoms with Crippen LogP contribution in [0.5, 0.6) is 11.6 Å². The molecule has 3 heterocycles. The molecule has 0 bridgehead atoms. The Hall–Kier alpha value is -2.81. The lowest BCUT2D eigenvalue weighted by molar-refractivity contribution is 0.443. The maximum absolute atomic E-state index is 5.98. The molecule has 5 rings (SSSR count). The average Bonchev–Trinajstić information content (AvgIpc) is 2.90. The molecule has 2 aromatic carbocycles. The van der Waals surface area contributed by atoms with E-state index in [1.54, 1.807) is 0 Å². The Kier molecular flexibility index (Phi) is 2.00. The highest BCUT2D eigenvalue weighted by Crippen LogP contribution is 2.37. The van der Waals surface area contributed by atoms with Crippen LogP contribution in [0.1, 0.15) is 11.3 Å². The summed E-state index contributed by atoms with van der Waals surface area (Å²) in [5.74, 6) is 1.64. The van der Waals surface area contributed by atoms with Crippen LogP contribution in [-0.2, 0) is 6.42 Å². The molecule has 4 aromatic rings. The van der Waals surface area contributed by atoms with Crippen molar-refractivity contribution in [3.63, 3.8) is 0 Å². The van der Waals surface area contributed by atoms with Gasteiger partial charge in [-0.25, -0.2) is 0 Å². The van der Waals surface area contributed by atoms with E-state index in [1.807, 2.05) is 30.3 Å². The van der Waals surface area contributed by atoms with Crippen LogP contribution in [0, 0.1) is 0 Å². The van der Waals surface area contributed by atoms with Gasteiger partial charge in [0.25, 0.3) is 0 Å². The van der Waals surface area contributed by atoms with Crippen LogP contribution in [0.25, 0.3) is 16.4 Å². The number of hydrogen-bond donors (Lipinski definition) is 0. The van der Waals surface area contributed by atoms with Crippen LogP contribution < -0.4 is 4.74 Å². The van der Waals surface area contributed by atoms with Gasteiger partial charge in [-0.05, 0) is 17.5 Å². The molecule has 1 aliphatic rings. The van der Waals surface area contributed by atoms with Gasteiger partial charge in [-0.2, -0.15) is 4.98 Å². The van der Waals surface area contributed by atoms with Crippen molar-refractivity contribution >= 4 is 16.4 Å². The maximum atomic E-state index is 5.98. The first kappa shape index (κ1) is 10.9. The highest BCUT2D eigenvalue weighted by atomic mass is 16.5. The summed E-state index contributed by atoms with van der Waals surface area (Å²) in [6.45, 7) is 0. The molecule has 3 nitrogen and oxygen atoms in total. The number of pyridine rings is 1. The standard InChI is InChI=1S/C18H12N2O/c1-3-7-14-12(5-1)9-10-20-15-11-13-6-2-4-8-16(13)21-18(15)19-17(14)20/h1-10H,11H2. The number of hydrogen-bond acceptors (Lipinski definition) is 2. The Bertz CT molecular complexity index is 1000. The molecule has 100 valence electrons. The summed E-state index contributed by atoms with van der Waals surface area (Å²) in [4.78, 5) is 4.72. The Morgan fingerprint density at radius 2 is 1.81 bits per heavy atom. The maximum Gasteiger partial charge on any atom is 0.241 e. The zero-order chi connectivity index (χ0) is 13.8. The summed E-state index contributed by atoms with van der Waals surface area (Å²) in [5.41, 5.74) is 3.29. The number of ether oxygens (including phenoxy) is 1. The largest absolute Gasteiger partial charge is 0.437 e. The van der Waals surface area contributed by atoms with E-state index in [9.17, 15) is 0 Å². The molecule has 0 N–H and O–H groups in total. The molecule has 0 radical (unpaired) electrons. The molecule has 0 atom stereocenters. The molecule has 0 amide bonds. The van der Waals surface area contributed by atoms with Crippen LogP contribution in [0.4, 0.5) is 0 Å². The van der Waals surface area contributed by atoms with Crippen molar-refractivity contribution in [2.75, 3.05) is 0 Å². The first-order valence-electron chi connectivity index (χ1n) is 7.04. The van der Waals surface area contributed by atoms with E-state index in [2.05, 4.69) is 34.9 Å². The quantitative estimate of drug-likeness (QED) is 0.422. The smallest absolute Gasteiger partial charge is 0.241 e. The topological polar surface area (TPSA) is 26.5 Å². The Labute approximate surface area is 121 Å². The van der Waals surface area contributed by atoms with Crippen molar-refractivity contribution < 1.29 is 4.74 Å². The molecule has 1 aliphatic heterocycles. The van der Waals surface area contributed by atoms with Gasteiger partial charge in [0.05, 0.1) is 5.69 Å². The van der Waals surface area contributed by atoms with Gasteiger partial charge in [-0.3, -0.25) is 4.40 Å². The van der Waals surface area contributed by atoms with Gasteiger partial charge >= 0.3 is 0 Å². The predicted octanol–water partition coefficient (Wildman–Crippen LogP) is 4.18. The highest BCUT2D eigenvalue weighted by molar-refractivity contribution is 5.94. The molecule has 0 fully saturated rings. The van der Waals surface area contributed by atoms with Gasteiger partial charge in [0.15, 0.2) is 0 Å². The Balaban J connectivity index is 1.83. The minimum atomic E-state index is 0.727. The summed E-state index contributed by atoms with van der Waals surface area (Å²) in [5, 5.41) is 2.35. The number of benzene rings is 2. The average molecular weight is 272 g/mol. The fourth-order valence-electron chi connectivity index (χ4n) is 3.07. The summed E-state index contributed by atoms with van der Waals surface area (Å²) in [6.07, 6.45) is 2.94. The van der Waals surface area contributed by atoms with Crippen molar-refractivity contribution in [2.24, 2.45) is 0 Å². The molecule has 0 aliphatic carbocycles. The molecular weight excluding hydrogens is 260 g/mol. The monoisotopic (exact) mass is 272 g/mol. The summed E-state index contributed by atoms with van der Waals surface area (Å²) >= 11 is 0. The first-order valence-corrected chi connectivity index (χ1v) is 7.04. The fourth-order valence-corrected chi connectivity index (χ4v) is 3.07. The molecule has 0 saturated carbocycles. The van der Waals surface area contributed by atoms with Gasteiger partial charge in [-0.15, -0.1) is 0 Å². The lowest BCUT2D eigenvalue weighted by Gasteiger charge is -2.15. The number of nitrogens with zero attached hydrogens (tertiary/aromatic N) is 2. The zero-order valence-corrected chi connectivity index (χ0v) is 11.3. The highest BCUT2D eigenvalue weighted by Gasteiger charge is 2.22. The summed E-state index contributed by atoms with van der Waals surface area (Å²) in [7, 11) is 0. The van der Waals surface area contributed by atoms with E-state index >= 15 is 0 Å². The number of para-hydroxylation sites is 1. The normalized spacial score (nSPS) is 13.0. The molecule has 21 heavy (non-hydrogen) atoms. The van der Waals surface area contributed by atoms with Crippen LogP contribution in [0.15, 0.2) is 60.8 Å². The second kappa shape index (κ2) is 3.85. The van der Waals surface area contributed by atoms with Crippen LogP contribution in [0.3, 0.4) is 0 Å². The minimum Gasteiger partial charge on any atom is -0.437 e. The molecule has 3 heteroatoms. The molecule has 2 aromatic heterocycles. The van der Waals surface area contributed by atoms with Gasteiger partial charge in [0, 0.05) is 23.6 Å². The Morgan fingerprint density at radius 1 is 0.952 bits per heavy atom. The van der Waals surface area contributed by atoms with Gasteiger partial charge in [0.1, 0.15) is 11.4 Å². The second-order valence-electron chi connectivity index (χ2n) is 5.35. The number of imidazole rings is 1. The molecule has 0 saturated heterocycles. The van der Waals surface area contributed by atoms with E-state index < -0.39 is 0 Å². The zero-order valence-electron chi connectivity index (χ0n) is 11.3. The third-order valence-corrected chi connectivity index (χ3v) is 4.12. The van der Waals surface area contributed by atoms with Gasteiger partial charge < -0.3 is 4.74 Å². The van der Waals surface area contributed by atoms with E-state index in [0.717, 1.165) is 34.8 Å². The van der Waals surface area contributed by atoms with Crippen molar-refractivity contribution in [2.45, 2.75) is 6.42 Å². The molecule has 0 unspecified atom stereocenters. The number of fused-ring (bicyclic) bond motifs is 6. The van der Waals surface area contributed by atoms with Crippen molar-refractivity contribution in [1.29, 1.82) is 0 Å². The Morgan fingerprint density at radius 3 is 2.81 bits per heavy atom. The van der Waals surface area contributed by atoms with Gasteiger partial charge in [-0.1, -0.05) is 42.5 Å². The predicted molar refractivity (Wildman–Crippen MR) is 82.0 cm³/mol. The van der Waals surface area contributed by atoms with E-state index in [0.29, 0.717) is 0 Å². The lowest BCUT2D eigenvalue weighted by Crippen LogP contribution is -2.04. The second-order valence-corrected chi connectivity index (χ2v) is 5.35. The first-order chi connectivity index (χ1) is 10.4. The van der Waals surface area contributed by atoms with Crippen molar-refractivity contribution in [1.82, 2.24) is 9.38 Å². The number of aromatic nitrogens is 2. The van der Waals surface area contributed by atoms with Crippen LogP contribution in [0.2, 0.25) is 0 Å². The van der Waals surface area contributed by atoms with E-state index in [-0.39, 0.29) is 0 Å². The van der Waals surface area contributed by atoms with E-state index in [1.165, 1.54) is 10.9 Å². The third-order valence-electron chi connectivity index (χ3n) is 4.12. The number of rotatable bonds is 0.